The summed E-state index contributed by atoms with van der Waals surface area (Å²) in [5.41, 5.74) is 9.71. The molecule has 1 atom stereocenters. The van der Waals surface area contributed by atoms with Crippen LogP contribution in [-0.2, 0) is 13.0 Å². The van der Waals surface area contributed by atoms with E-state index in [1.54, 1.807) is 0 Å². The topological polar surface area (TPSA) is 53.1 Å². The van der Waals surface area contributed by atoms with Gasteiger partial charge in [0.2, 0.25) is 0 Å². The number of nitrogens with two attached hydrogens (primary N) is 1. The molecule has 0 spiro atoms. The van der Waals surface area contributed by atoms with Gasteiger partial charge in [-0.25, -0.2) is 0 Å². The van der Waals surface area contributed by atoms with E-state index in [0.29, 0.717) is 0 Å². The molecule has 0 amide bonds. The maximum atomic E-state index is 6.28. The molecule has 0 saturated carbocycles. The number of benzene rings is 1. The first kappa shape index (κ1) is 11.3. The van der Waals surface area contributed by atoms with Crippen molar-refractivity contribution in [1.29, 1.82) is 0 Å². The van der Waals surface area contributed by atoms with Crippen LogP contribution in [0.1, 0.15) is 29.7 Å². The first-order chi connectivity index (χ1) is 8.78. The van der Waals surface area contributed by atoms with Gasteiger partial charge in [-0.1, -0.05) is 12.1 Å². The molecule has 0 bridgehead atoms. The van der Waals surface area contributed by atoms with Crippen LogP contribution < -0.4 is 10.5 Å². The smallest absolute Gasteiger partial charge is 0.122 e. The summed E-state index contributed by atoms with van der Waals surface area (Å²) >= 11 is 0. The van der Waals surface area contributed by atoms with Crippen molar-refractivity contribution in [2.24, 2.45) is 5.73 Å². The van der Waals surface area contributed by atoms with Crippen LogP contribution in [0.5, 0.6) is 5.75 Å². The number of hydrogen-bond acceptors (Lipinski definition) is 3. The normalized spacial score (nSPS) is 15.2. The molecule has 0 saturated heterocycles. The number of nitrogens with zero attached hydrogens (tertiary/aromatic N) is 2. The summed E-state index contributed by atoms with van der Waals surface area (Å²) in [6.45, 7) is 3.71. The molecule has 2 heterocycles. The van der Waals surface area contributed by atoms with Crippen molar-refractivity contribution in [3.05, 3.63) is 47.3 Å². The lowest BCUT2D eigenvalue weighted by Gasteiger charge is -2.11. The second-order valence-corrected chi connectivity index (χ2v) is 4.57. The predicted octanol–water partition coefficient (Wildman–Crippen LogP) is 1.89. The van der Waals surface area contributed by atoms with Gasteiger partial charge in [0.25, 0.3) is 0 Å². The van der Waals surface area contributed by atoms with Gasteiger partial charge in [0.1, 0.15) is 5.75 Å². The molecule has 0 aliphatic carbocycles. The molecule has 1 aromatic heterocycles. The number of aromatic nitrogens is 2. The minimum atomic E-state index is -0.115. The number of rotatable bonds is 3. The van der Waals surface area contributed by atoms with Gasteiger partial charge >= 0.3 is 0 Å². The Kier molecular flexibility index (Phi) is 2.80. The molecule has 2 aromatic rings. The highest BCUT2D eigenvalue weighted by molar-refractivity contribution is 5.42. The molecule has 18 heavy (non-hydrogen) atoms. The minimum Gasteiger partial charge on any atom is -0.493 e. The average molecular weight is 243 g/mol. The molecular weight excluding hydrogens is 226 g/mol. The predicted molar refractivity (Wildman–Crippen MR) is 69.6 cm³/mol. The Bertz CT molecular complexity index is 562. The Morgan fingerprint density at radius 3 is 3.11 bits per heavy atom. The van der Waals surface area contributed by atoms with E-state index in [0.717, 1.165) is 36.4 Å². The van der Waals surface area contributed by atoms with Crippen molar-refractivity contribution in [3.8, 4) is 5.75 Å². The lowest BCUT2D eigenvalue weighted by Crippen LogP contribution is -2.11. The molecule has 2 N–H and O–H groups in total. The zero-order valence-corrected chi connectivity index (χ0v) is 10.5. The monoisotopic (exact) mass is 243 g/mol. The molecular formula is C14H17N3O. The third-order valence-corrected chi connectivity index (χ3v) is 3.41. The third kappa shape index (κ3) is 1.88. The summed E-state index contributed by atoms with van der Waals surface area (Å²) in [7, 11) is 0. The number of aryl methyl sites for hydroxylation is 1. The Morgan fingerprint density at radius 1 is 1.44 bits per heavy atom. The Morgan fingerprint density at radius 2 is 2.33 bits per heavy atom. The van der Waals surface area contributed by atoms with Crippen LogP contribution >= 0.6 is 0 Å². The van der Waals surface area contributed by atoms with E-state index in [9.17, 15) is 0 Å². The van der Waals surface area contributed by atoms with Crippen molar-refractivity contribution in [1.82, 2.24) is 9.78 Å². The van der Waals surface area contributed by atoms with Gasteiger partial charge in [-0.3, -0.25) is 4.68 Å². The van der Waals surface area contributed by atoms with Gasteiger partial charge in [0, 0.05) is 24.7 Å². The highest BCUT2D eigenvalue weighted by atomic mass is 16.5. The van der Waals surface area contributed by atoms with Crippen molar-refractivity contribution >= 4 is 0 Å². The number of hydrogen-bond donors (Lipinski definition) is 1. The van der Waals surface area contributed by atoms with Crippen LogP contribution in [0.2, 0.25) is 0 Å². The second kappa shape index (κ2) is 4.46. The van der Waals surface area contributed by atoms with E-state index in [4.69, 9.17) is 10.5 Å². The van der Waals surface area contributed by atoms with Crippen molar-refractivity contribution in [2.75, 3.05) is 6.61 Å². The van der Waals surface area contributed by atoms with E-state index in [2.05, 4.69) is 18.1 Å². The Hall–Kier alpha value is -1.81. The van der Waals surface area contributed by atoms with Crippen molar-refractivity contribution in [2.45, 2.75) is 25.9 Å². The van der Waals surface area contributed by atoms with Crippen molar-refractivity contribution in [3.63, 3.8) is 0 Å². The van der Waals surface area contributed by atoms with Gasteiger partial charge in [0.15, 0.2) is 0 Å². The van der Waals surface area contributed by atoms with E-state index >= 15 is 0 Å². The first-order valence-corrected chi connectivity index (χ1v) is 6.31. The van der Waals surface area contributed by atoms with Gasteiger partial charge in [-0.2, -0.15) is 5.10 Å². The molecule has 0 radical (unpaired) electrons. The van der Waals surface area contributed by atoms with Crippen LogP contribution in [0, 0.1) is 0 Å². The van der Waals surface area contributed by atoms with E-state index in [1.807, 2.05) is 29.2 Å². The summed E-state index contributed by atoms with van der Waals surface area (Å²) in [5, 5.41) is 4.27. The van der Waals surface area contributed by atoms with E-state index in [-0.39, 0.29) is 6.04 Å². The van der Waals surface area contributed by atoms with Gasteiger partial charge in [0.05, 0.1) is 18.8 Å². The van der Waals surface area contributed by atoms with Crippen LogP contribution in [0.15, 0.2) is 30.6 Å². The third-order valence-electron chi connectivity index (χ3n) is 3.41. The number of ether oxygens (including phenoxy) is 1. The van der Waals surface area contributed by atoms with E-state index < -0.39 is 0 Å². The van der Waals surface area contributed by atoms with Gasteiger partial charge in [-0.05, 0) is 24.1 Å². The zero-order chi connectivity index (χ0) is 12.5. The maximum Gasteiger partial charge on any atom is 0.122 e. The molecule has 1 unspecified atom stereocenters. The fraction of sp³-hybridized carbons (Fsp3) is 0.357. The quantitative estimate of drug-likeness (QED) is 0.895. The Balaban J connectivity index is 1.89. The van der Waals surface area contributed by atoms with Crippen molar-refractivity contribution < 1.29 is 4.74 Å². The maximum absolute atomic E-state index is 6.28. The second-order valence-electron chi connectivity index (χ2n) is 4.57. The first-order valence-electron chi connectivity index (χ1n) is 6.31. The standard InChI is InChI=1S/C14H17N3O/c1-2-17-9-12(8-16-17)14(15)11-3-4-13-10(7-11)5-6-18-13/h3-4,7-9,14H,2,5-6,15H2,1H3. The highest BCUT2D eigenvalue weighted by Crippen LogP contribution is 2.29. The molecule has 1 aromatic carbocycles. The summed E-state index contributed by atoms with van der Waals surface area (Å²) in [6.07, 6.45) is 4.83. The molecule has 4 heteroatoms. The summed E-state index contributed by atoms with van der Waals surface area (Å²) < 4.78 is 7.40. The zero-order valence-electron chi connectivity index (χ0n) is 10.5. The molecule has 94 valence electrons. The van der Waals surface area contributed by atoms with Crippen LogP contribution in [0.25, 0.3) is 0 Å². The SMILES string of the molecule is CCn1cc(C(N)c2ccc3c(c2)CCO3)cn1. The minimum absolute atomic E-state index is 0.115. The largest absolute Gasteiger partial charge is 0.493 e. The molecule has 1 aliphatic rings. The fourth-order valence-corrected chi connectivity index (χ4v) is 2.31. The molecule has 1 aliphatic heterocycles. The summed E-state index contributed by atoms with van der Waals surface area (Å²) in [4.78, 5) is 0. The molecule has 4 nitrogen and oxygen atoms in total. The highest BCUT2D eigenvalue weighted by Gasteiger charge is 2.16. The van der Waals surface area contributed by atoms with Crippen LogP contribution in [0.4, 0.5) is 0 Å². The van der Waals surface area contributed by atoms with Gasteiger partial charge < -0.3 is 10.5 Å². The fourth-order valence-electron chi connectivity index (χ4n) is 2.31. The Labute approximate surface area is 106 Å². The van der Waals surface area contributed by atoms with E-state index in [1.165, 1.54) is 5.56 Å². The summed E-state index contributed by atoms with van der Waals surface area (Å²) in [5.74, 6) is 0.996. The summed E-state index contributed by atoms with van der Waals surface area (Å²) in [6, 6.07) is 6.09. The average Bonchev–Trinajstić information content (AvgIpc) is 3.05. The number of fused-ring (bicyclic) bond motifs is 1. The van der Waals surface area contributed by atoms with Crippen LogP contribution in [-0.4, -0.2) is 16.4 Å². The van der Waals surface area contributed by atoms with Gasteiger partial charge in [-0.15, -0.1) is 0 Å². The lowest BCUT2D eigenvalue weighted by atomic mass is 9.99. The lowest BCUT2D eigenvalue weighted by molar-refractivity contribution is 0.357. The molecule has 0 fully saturated rings. The molecule has 3 rings (SSSR count). The van der Waals surface area contributed by atoms with Crippen LogP contribution in [0.3, 0.4) is 0 Å².